The number of nitrogens with one attached hydrogen (secondary N) is 1. The van der Waals surface area contributed by atoms with E-state index in [9.17, 15) is 13.2 Å². The molecule has 0 aliphatic rings. The summed E-state index contributed by atoms with van der Waals surface area (Å²) in [5.74, 6) is 0.280. The van der Waals surface area contributed by atoms with Gasteiger partial charge in [-0.05, 0) is 41.8 Å². The number of sulfonamides is 1. The van der Waals surface area contributed by atoms with Gasteiger partial charge in [0.05, 0.1) is 28.1 Å². The fourth-order valence-electron chi connectivity index (χ4n) is 2.86. The molecule has 0 amide bonds. The number of thiophene rings is 1. The predicted octanol–water partition coefficient (Wildman–Crippen LogP) is 4.57. The summed E-state index contributed by atoms with van der Waals surface area (Å²) in [6.07, 6.45) is 0. The van der Waals surface area contributed by atoms with Gasteiger partial charge in [0.1, 0.15) is 18.1 Å². The molecule has 0 atom stereocenters. The van der Waals surface area contributed by atoms with Crippen LogP contribution in [-0.2, 0) is 21.4 Å². The Morgan fingerprint density at radius 1 is 1.09 bits per heavy atom. The highest BCUT2D eigenvalue weighted by Crippen LogP contribution is 2.27. The maximum absolute atomic E-state index is 12.8. The molecule has 0 radical (unpaired) electrons. The molecule has 164 valence electrons. The van der Waals surface area contributed by atoms with Gasteiger partial charge in [-0.1, -0.05) is 29.4 Å². The van der Waals surface area contributed by atoms with Crippen LogP contribution in [0.5, 0.6) is 5.75 Å². The number of aromatic nitrogens is 1. The van der Waals surface area contributed by atoms with Gasteiger partial charge < -0.3 is 14.0 Å². The first-order chi connectivity index (χ1) is 15.5. The second-order valence-electron chi connectivity index (χ2n) is 6.57. The Bertz CT molecular complexity index is 1330. The topological polar surface area (TPSA) is 108 Å². The molecule has 0 saturated heterocycles. The van der Waals surface area contributed by atoms with Crippen molar-refractivity contribution >= 4 is 33.0 Å². The van der Waals surface area contributed by atoms with Crippen molar-refractivity contribution in [3.8, 4) is 16.4 Å². The van der Waals surface area contributed by atoms with E-state index in [1.807, 2.05) is 17.5 Å². The molecular formula is C22H18N2O6S2. The Labute approximate surface area is 188 Å². The minimum atomic E-state index is -3.95. The quantitative estimate of drug-likeness (QED) is 0.376. The molecule has 0 unspecified atom stereocenters. The Morgan fingerprint density at radius 2 is 1.94 bits per heavy atom. The van der Waals surface area contributed by atoms with E-state index >= 15 is 0 Å². The summed E-state index contributed by atoms with van der Waals surface area (Å²) in [4.78, 5) is 13.3. The molecule has 2 aromatic carbocycles. The van der Waals surface area contributed by atoms with Crippen LogP contribution < -0.4 is 9.46 Å². The Hall–Kier alpha value is -3.63. The van der Waals surface area contributed by atoms with Crippen molar-refractivity contribution < 1.29 is 27.2 Å². The summed E-state index contributed by atoms with van der Waals surface area (Å²) in [5, 5.41) is 5.81. The smallest absolute Gasteiger partial charge is 0.338 e. The number of esters is 1. The second kappa shape index (κ2) is 9.25. The van der Waals surface area contributed by atoms with Crippen LogP contribution in [0.2, 0.25) is 0 Å². The number of anilines is 1. The summed E-state index contributed by atoms with van der Waals surface area (Å²) in [7, 11) is -2.51. The molecule has 4 aromatic rings. The molecule has 0 bridgehead atoms. The van der Waals surface area contributed by atoms with Gasteiger partial charge in [-0.3, -0.25) is 4.72 Å². The third-order valence-electron chi connectivity index (χ3n) is 4.41. The second-order valence-corrected chi connectivity index (χ2v) is 9.20. The van der Waals surface area contributed by atoms with E-state index in [-0.39, 0.29) is 22.8 Å². The third kappa shape index (κ3) is 4.82. The zero-order valence-electron chi connectivity index (χ0n) is 16.8. The lowest BCUT2D eigenvalue weighted by Crippen LogP contribution is -2.14. The molecular weight excluding hydrogens is 452 g/mol. The van der Waals surface area contributed by atoms with Crippen LogP contribution in [0.4, 0.5) is 5.69 Å². The molecule has 2 aromatic heterocycles. The molecule has 8 nitrogen and oxygen atoms in total. The van der Waals surface area contributed by atoms with Gasteiger partial charge in [-0.25, -0.2) is 13.2 Å². The summed E-state index contributed by atoms with van der Waals surface area (Å²) in [5.41, 5.74) is 0.828. The number of carbonyl (C=O) groups excluding carboxylic acids is 1. The highest BCUT2D eigenvalue weighted by atomic mass is 32.2. The van der Waals surface area contributed by atoms with Crippen LogP contribution in [0.25, 0.3) is 10.6 Å². The normalized spacial score (nSPS) is 11.2. The molecule has 0 fully saturated rings. The van der Waals surface area contributed by atoms with Gasteiger partial charge in [0.2, 0.25) is 0 Å². The molecule has 1 N–H and O–H groups in total. The van der Waals surface area contributed by atoms with Gasteiger partial charge in [-0.2, -0.15) is 0 Å². The lowest BCUT2D eigenvalue weighted by Gasteiger charge is -2.12. The van der Waals surface area contributed by atoms with E-state index in [4.69, 9.17) is 14.0 Å². The predicted molar refractivity (Wildman–Crippen MR) is 119 cm³/mol. The van der Waals surface area contributed by atoms with Crippen LogP contribution in [0.15, 0.2) is 81.5 Å². The summed E-state index contributed by atoms with van der Waals surface area (Å²) in [6.45, 7) is -0.107. The fraction of sp³-hybridized carbons (Fsp3) is 0.0909. The number of hydrogen-bond donors (Lipinski definition) is 1. The number of nitrogens with zero attached hydrogens (tertiary/aromatic N) is 1. The molecule has 10 heteroatoms. The van der Waals surface area contributed by atoms with Crippen molar-refractivity contribution in [1.29, 1.82) is 0 Å². The maximum atomic E-state index is 12.8. The highest BCUT2D eigenvalue weighted by molar-refractivity contribution is 7.92. The first-order valence-electron chi connectivity index (χ1n) is 9.39. The standard InChI is InChI=1S/C22H18N2O6S2/c1-28-19-9-3-2-8-18(19)24-32(26,27)17-7-4-6-15(12-17)22(25)29-14-16-13-20(30-23-16)21-10-5-11-31-21/h2-13,24H,14H2,1H3. The zero-order valence-corrected chi connectivity index (χ0v) is 18.5. The summed E-state index contributed by atoms with van der Waals surface area (Å²) in [6, 6.07) is 17.7. The monoisotopic (exact) mass is 470 g/mol. The maximum Gasteiger partial charge on any atom is 0.338 e. The average molecular weight is 471 g/mol. The van der Waals surface area contributed by atoms with Gasteiger partial charge in [0, 0.05) is 6.07 Å². The Morgan fingerprint density at radius 3 is 2.72 bits per heavy atom. The molecule has 32 heavy (non-hydrogen) atoms. The van der Waals surface area contributed by atoms with Gasteiger partial charge in [0.15, 0.2) is 5.76 Å². The summed E-state index contributed by atoms with van der Waals surface area (Å²) >= 11 is 1.51. The first-order valence-corrected chi connectivity index (χ1v) is 11.7. The van der Waals surface area contributed by atoms with Gasteiger partial charge in [-0.15, -0.1) is 11.3 Å². The van der Waals surface area contributed by atoms with Gasteiger partial charge in [0.25, 0.3) is 10.0 Å². The van der Waals surface area contributed by atoms with Crippen molar-refractivity contribution in [1.82, 2.24) is 5.16 Å². The molecule has 0 aliphatic heterocycles. The number of hydrogen-bond acceptors (Lipinski definition) is 8. The first kappa shape index (κ1) is 21.6. The van der Waals surface area contributed by atoms with E-state index in [0.29, 0.717) is 17.2 Å². The highest BCUT2D eigenvalue weighted by Gasteiger charge is 2.19. The SMILES string of the molecule is COc1ccccc1NS(=O)(=O)c1cccc(C(=O)OCc2cc(-c3cccs3)on2)c1. The lowest BCUT2D eigenvalue weighted by molar-refractivity contribution is 0.0464. The molecule has 0 spiro atoms. The van der Waals surface area contributed by atoms with Crippen LogP contribution in [0.1, 0.15) is 16.1 Å². The molecule has 2 heterocycles. The van der Waals surface area contributed by atoms with E-state index < -0.39 is 16.0 Å². The van der Waals surface area contributed by atoms with Gasteiger partial charge >= 0.3 is 5.97 Å². The number of methoxy groups -OCH3 is 1. The largest absolute Gasteiger partial charge is 0.495 e. The van der Waals surface area contributed by atoms with E-state index in [1.165, 1.54) is 42.7 Å². The number of rotatable bonds is 8. The number of para-hydroxylation sites is 2. The fourth-order valence-corrected chi connectivity index (χ4v) is 4.65. The van der Waals surface area contributed by atoms with E-state index in [0.717, 1.165) is 4.88 Å². The third-order valence-corrected chi connectivity index (χ3v) is 6.65. The van der Waals surface area contributed by atoms with Crippen LogP contribution in [-0.4, -0.2) is 26.7 Å². The van der Waals surface area contributed by atoms with Crippen LogP contribution in [0.3, 0.4) is 0 Å². The number of carbonyl (C=O) groups is 1. The molecule has 0 aliphatic carbocycles. The number of ether oxygens (including phenoxy) is 2. The Balaban J connectivity index is 1.45. The number of benzene rings is 2. The van der Waals surface area contributed by atoms with Crippen LogP contribution in [0, 0.1) is 0 Å². The zero-order chi connectivity index (χ0) is 22.6. The van der Waals surface area contributed by atoms with E-state index in [2.05, 4.69) is 9.88 Å². The minimum Gasteiger partial charge on any atom is -0.495 e. The van der Waals surface area contributed by atoms with Crippen molar-refractivity contribution in [2.75, 3.05) is 11.8 Å². The Kier molecular flexibility index (Phi) is 6.24. The van der Waals surface area contributed by atoms with Crippen molar-refractivity contribution in [2.45, 2.75) is 11.5 Å². The van der Waals surface area contributed by atoms with Crippen molar-refractivity contribution in [3.05, 3.63) is 83.4 Å². The summed E-state index contributed by atoms with van der Waals surface area (Å²) < 4.78 is 43.8. The molecule has 0 saturated carbocycles. The minimum absolute atomic E-state index is 0.0840. The van der Waals surface area contributed by atoms with E-state index in [1.54, 1.807) is 30.3 Å². The van der Waals surface area contributed by atoms with Crippen LogP contribution >= 0.6 is 11.3 Å². The van der Waals surface area contributed by atoms with Crippen molar-refractivity contribution in [3.63, 3.8) is 0 Å². The lowest BCUT2D eigenvalue weighted by atomic mass is 10.2. The molecule has 4 rings (SSSR count). The van der Waals surface area contributed by atoms with Crippen molar-refractivity contribution in [2.24, 2.45) is 0 Å². The average Bonchev–Trinajstić information content (AvgIpc) is 3.50.